The summed E-state index contributed by atoms with van der Waals surface area (Å²) in [5.74, 6) is 1.39. The summed E-state index contributed by atoms with van der Waals surface area (Å²) in [5, 5.41) is 0.649. The number of hydrogen-bond acceptors (Lipinski definition) is 3. The van der Waals surface area contributed by atoms with Crippen LogP contribution in [0.3, 0.4) is 0 Å². The lowest BCUT2D eigenvalue weighted by atomic mass is 10.1. The molecule has 0 N–H and O–H groups in total. The largest absolute Gasteiger partial charge is 0.494 e. The van der Waals surface area contributed by atoms with Crippen LogP contribution < -0.4 is 9.47 Å². The van der Waals surface area contributed by atoms with Gasteiger partial charge in [-0.05, 0) is 32.0 Å². The molecule has 0 aromatic heterocycles. The summed E-state index contributed by atoms with van der Waals surface area (Å²) in [7, 11) is 0. The van der Waals surface area contributed by atoms with Gasteiger partial charge in [0.25, 0.3) is 0 Å². The van der Waals surface area contributed by atoms with Crippen molar-refractivity contribution in [3.63, 3.8) is 0 Å². The molecule has 0 saturated heterocycles. The van der Waals surface area contributed by atoms with E-state index in [2.05, 4.69) is 15.9 Å². The molecule has 0 spiro atoms. The van der Waals surface area contributed by atoms with Gasteiger partial charge in [-0.15, -0.1) is 0 Å². The molecule has 0 aliphatic heterocycles. The minimum atomic E-state index is 0.0619. The van der Waals surface area contributed by atoms with Crippen molar-refractivity contribution in [2.45, 2.75) is 20.3 Å². The maximum Gasteiger partial charge on any atom is 0.167 e. The standard InChI is InChI=1S/C13H17BrO3/c1-3-16-10-5-6-13(17-4-2)11(9-10)12(15)7-8-14/h5-6,9H,3-4,7-8H2,1-2H3. The van der Waals surface area contributed by atoms with Crippen molar-refractivity contribution in [3.8, 4) is 11.5 Å². The van der Waals surface area contributed by atoms with Crippen molar-refractivity contribution < 1.29 is 14.3 Å². The maximum atomic E-state index is 11.9. The number of carbonyl (C=O) groups is 1. The van der Waals surface area contributed by atoms with Gasteiger partial charge in [0, 0.05) is 11.8 Å². The van der Waals surface area contributed by atoms with Crippen molar-refractivity contribution in [2.75, 3.05) is 18.5 Å². The Balaban J connectivity index is 3.01. The maximum absolute atomic E-state index is 11.9. The Morgan fingerprint density at radius 2 is 1.94 bits per heavy atom. The lowest BCUT2D eigenvalue weighted by Gasteiger charge is -2.11. The van der Waals surface area contributed by atoms with Gasteiger partial charge in [0.1, 0.15) is 11.5 Å². The number of ketones is 1. The third-order valence-electron chi connectivity index (χ3n) is 2.18. The SMILES string of the molecule is CCOc1ccc(OCC)c(C(=O)CCBr)c1. The molecule has 4 heteroatoms. The van der Waals surface area contributed by atoms with Crippen LogP contribution in [-0.4, -0.2) is 24.3 Å². The summed E-state index contributed by atoms with van der Waals surface area (Å²) >= 11 is 3.27. The first-order valence-electron chi connectivity index (χ1n) is 5.71. The number of rotatable bonds is 7. The fraction of sp³-hybridized carbons (Fsp3) is 0.462. The normalized spacial score (nSPS) is 10.1. The van der Waals surface area contributed by atoms with Gasteiger partial charge < -0.3 is 9.47 Å². The molecule has 0 atom stereocenters. The van der Waals surface area contributed by atoms with Crippen LogP contribution in [0.4, 0.5) is 0 Å². The number of Topliss-reactive ketones (excluding diaryl/α,β-unsaturated/α-hetero) is 1. The van der Waals surface area contributed by atoms with E-state index in [1.165, 1.54) is 0 Å². The van der Waals surface area contributed by atoms with Crippen LogP contribution in [0.2, 0.25) is 0 Å². The van der Waals surface area contributed by atoms with E-state index in [0.29, 0.717) is 42.0 Å². The topological polar surface area (TPSA) is 35.5 Å². The van der Waals surface area contributed by atoms with E-state index in [1.54, 1.807) is 12.1 Å². The van der Waals surface area contributed by atoms with Crippen LogP contribution in [0, 0.1) is 0 Å². The van der Waals surface area contributed by atoms with E-state index in [4.69, 9.17) is 9.47 Å². The molecule has 1 aromatic rings. The summed E-state index contributed by atoms with van der Waals surface area (Å²) in [6.45, 7) is 4.94. The Hall–Kier alpha value is -1.03. The summed E-state index contributed by atoms with van der Waals surface area (Å²) < 4.78 is 10.8. The molecule has 0 saturated carbocycles. The Morgan fingerprint density at radius 1 is 1.24 bits per heavy atom. The molecule has 0 unspecified atom stereocenters. The van der Waals surface area contributed by atoms with Gasteiger partial charge in [-0.25, -0.2) is 0 Å². The van der Waals surface area contributed by atoms with Gasteiger partial charge >= 0.3 is 0 Å². The van der Waals surface area contributed by atoms with E-state index in [0.717, 1.165) is 0 Å². The predicted molar refractivity (Wildman–Crippen MR) is 71.5 cm³/mol. The highest BCUT2D eigenvalue weighted by Crippen LogP contribution is 2.26. The van der Waals surface area contributed by atoms with Gasteiger partial charge in [0.05, 0.1) is 18.8 Å². The van der Waals surface area contributed by atoms with Crippen molar-refractivity contribution >= 4 is 21.7 Å². The molecular weight excluding hydrogens is 284 g/mol. The van der Waals surface area contributed by atoms with Crippen LogP contribution in [0.1, 0.15) is 30.6 Å². The monoisotopic (exact) mass is 300 g/mol. The molecule has 0 radical (unpaired) electrons. The Morgan fingerprint density at radius 3 is 2.53 bits per heavy atom. The molecule has 0 fully saturated rings. The number of hydrogen-bond donors (Lipinski definition) is 0. The molecule has 94 valence electrons. The van der Waals surface area contributed by atoms with Crippen LogP contribution in [0.15, 0.2) is 18.2 Å². The average molecular weight is 301 g/mol. The Kier molecular flexibility index (Phi) is 6.05. The second kappa shape index (κ2) is 7.33. The molecule has 17 heavy (non-hydrogen) atoms. The summed E-state index contributed by atoms with van der Waals surface area (Å²) in [4.78, 5) is 11.9. The predicted octanol–water partition coefficient (Wildman–Crippen LogP) is 3.45. The Bertz CT molecular complexity index is 377. The third kappa shape index (κ3) is 4.04. The lowest BCUT2D eigenvalue weighted by molar-refractivity contribution is 0.0985. The van der Waals surface area contributed by atoms with Crippen molar-refractivity contribution in [3.05, 3.63) is 23.8 Å². The summed E-state index contributed by atoms with van der Waals surface area (Å²) in [6.07, 6.45) is 0.454. The van der Waals surface area contributed by atoms with E-state index >= 15 is 0 Å². The summed E-state index contributed by atoms with van der Waals surface area (Å²) in [5.41, 5.74) is 0.595. The highest BCUT2D eigenvalue weighted by molar-refractivity contribution is 9.09. The molecule has 0 aliphatic carbocycles. The minimum absolute atomic E-state index is 0.0619. The average Bonchev–Trinajstić information content (AvgIpc) is 2.32. The second-order valence-corrected chi connectivity index (χ2v) is 4.18. The Labute approximate surface area is 110 Å². The molecule has 0 aliphatic rings. The highest BCUT2D eigenvalue weighted by Gasteiger charge is 2.13. The van der Waals surface area contributed by atoms with Gasteiger partial charge in [-0.2, -0.15) is 0 Å². The van der Waals surface area contributed by atoms with Crippen LogP contribution in [-0.2, 0) is 0 Å². The van der Waals surface area contributed by atoms with E-state index < -0.39 is 0 Å². The summed E-state index contributed by atoms with van der Waals surface area (Å²) in [6, 6.07) is 5.36. The number of carbonyl (C=O) groups excluding carboxylic acids is 1. The van der Waals surface area contributed by atoms with Gasteiger partial charge in [0.2, 0.25) is 0 Å². The molecule has 3 nitrogen and oxygen atoms in total. The molecule has 1 aromatic carbocycles. The van der Waals surface area contributed by atoms with Gasteiger partial charge in [0.15, 0.2) is 5.78 Å². The highest BCUT2D eigenvalue weighted by atomic mass is 79.9. The first-order chi connectivity index (χ1) is 8.22. The zero-order valence-electron chi connectivity index (χ0n) is 10.2. The number of ether oxygens (including phenoxy) is 2. The van der Waals surface area contributed by atoms with Crippen LogP contribution in [0.5, 0.6) is 11.5 Å². The molecular formula is C13H17BrO3. The molecule has 1 rings (SSSR count). The quantitative estimate of drug-likeness (QED) is 0.571. The first kappa shape index (κ1) is 14.0. The number of halogens is 1. The van der Waals surface area contributed by atoms with E-state index in [9.17, 15) is 4.79 Å². The van der Waals surface area contributed by atoms with E-state index in [1.807, 2.05) is 19.9 Å². The number of alkyl halides is 1. The van der Waals surface area contributed by atoms with Gasteiger partial charge in [-0.1, -0.05) is 15.9 Å². The minimum Gasteiger partial charge on any atom is -0.494 e. The second-order valence-electron chi connectivity index (χ2n) is 3.39. The van der Waals surface area contributed by atoms with E-state index in [-0.39, 0.29) is 5.78 Å². The number of benzene rings is 1. The smallest absolute Gasteiger partial charge is 0.167 e. The fourth-order valence-electron chi connectivity index (χ4n) is 1.49. The lowest BCUT2D eigenvalue weighted by Crippen LogP contribution is -2.05. The van der Waals surface area contributed by atoms with Crippen molar-refractivity contribution in [1.82, 2.24) is 0 Å². The molecule has 0 amide bonds. The van der Waals surface area contributed by atoms with Crippen LogP contribution in [0.25, 0.3) is 0 Å². The molecule has 0 bridgehead atoms. The van der Waals surface area contributed by atoms with Crippen LogP contribution >= 0.6 is 15.9 Å². The molecule has 0 heterocycles. The van der Waals surface area contributed by atoms with Crippen molar-refractivity contribution in [2.24, 2.45) is 0 Å². The zero-order chi connectivity index (χ0) is 12.7. The van der Waals surface area contributed by atoms with Gasteiger partial charge in [-0.3, -0.25) is 4.79 Å². The zero-order valence-corrected chi connectivity index (χ0v) is 11.7. The first-order valence-corrected chi connectivity index (χ1v) is 6.83. The fourth-order valence-corrected chi connectivity index (χ4v) is 1.85. The third-order valence-corrected chi connectivity index (χ3v) is 2.58. The van der Waals surface area contributed by atoms with Crippen molar-refractivity contribution in [1.29, 1.82) is 0 Å².